The lowest BCUT2D eigenvalue weighted by atomic mass is 9.94. The van der Waals surface area contributed by atoms with Gasteiger partial charge in [0.05, 0.1) is 5.25 Å². The minimum Gasteiger partial charge on any atom is -0.352 e. The maximum atomic E-state index is 11.9. The molecule has 0 spiro atoms. The van der Waals surface area contributed by atoms with Crippen molar-refractivity contribution < 1.29 is 13.2 Å². The summed E-state index contributed by atoms with van der Waals surface area (Å²) >= 11 is 0. The fraction of sp³-hybridized carbons (Fsp3) is 0.533. The number of sulfone groups is 1. The zero-order valence-corrected chi connectivity index (χ0v) is 13.5. The summed E-state index contributed by atoms with van der Waals surface area (Å²) in [5, 5.41) is 5.48. The summed E-state index contributed by atoms with van der Waals surface area (Å²) in [6.07, 6.45) is 2.06. The third-order valence-electron chi connectivity index (χ3n) is 3.99. The Labute approximate surface area is 126 Å². The smallest absolute Gasteiger partial charge is 0.251 e. The molecule has 0 fully saturated rings. The molecule has 116 valence electrons. The second-order valence-electron chi connectivity index (χ2n) is 5.49. The molecule has 1 aromatic carbocycles. The van der Waals surface area contributed by atoms with Crippen LogP contribution in [-0.4, -0.2) is 38.9 Å². The van der Waals surface area contributed by atoms with Crippen LogP contribution in [0.5, 0.6) is 0 Å². The first kappa shape index (κ1) is 16.0. The molecular weight excluding hydrogens is 288 g/mol. The van der Waals surface area contributed by atoms with Gasteiger partial charge in [0.2, 0.25) is 0 Å². The molecule has 2 atom stereocenters. The zero-order chi connectivity index (χ0) is 15.6. The lowest BCUT2D eigenvalue weighted by Crippen LogP contribution is -2.36. The van der Waals surface area contributed by atoms with Gasteiger partial charge >= 0.3 is 0 Å². The maximum absolute atomic E-state index is 11.9. The number of hydrogen-bond acceptors (Lipinski definition) is 4. The average molecular weight is 310 g/mol. The highest BCUT2D eigenvalue weighted by atomic mass is 32.2. The van der Waals surface area contributed by atoms with Crippen molar-refractivity contribution in [2.75, 3.05) is 19.3 Å². The molecule has 1 aliphatic heterocycles. The fourth-order valence-electron chi connectivity index (χ4n) is 2.64. The molecule has 2 unspecified atom stereocenters. The summed E-state index contributed by atoms with van der Waals surface area (Å²) in [6.45, 7) is 4.95. The number of carbonyl (C=O) groups is 1. The van der Waals surface area contributed by atoms with Crippen LogP contribution in [-0.2, 0) is 16.3 Å². The number of amides is 1. The van der Waals surface area contributed by atoms with Crippen molar-refractivity contribution in [1.82, 2.24) is 10.6 Å². The minimum atomic E-state index is -3.17. The van der Waals surface area contributed by atoms with Crippen LogP contribution >= 0.6 is 0 Å². The molecule has 2 N–H and O–H groups in total. The van der Waals surface area contributed by atoms with Crippen molar-refractivity contribution in [3.63, 3.8) is 0 Å². The van der Waals surface area contributed by atoms with Crippen molar-refractivity contribution in [1.29, 1.82) is 0 Å². The van der Waals surface area contributed by atoms with E-state index in [0.717, 1.165) is 17.5 Å². The molecule has 1 aliphatic rings. The van der Waals surface area contributed by atoms with Crippen LogP contribution in [0.4, 0.5) is 0 Å². The summed E-state index contributed by atoms with van der Waals surface area (Å²) < 4.78 is 23.7. The highest BCUT2D eigenvalue weighted by Gasteiger charge is 2.28. The summed E-state index contributed by atoms with van der Waals surface area (Å²) in [7, 11) is -3.17. The molecule has 1 amide bonds. The van der Waals surface area contributed by atoms with Crippen molar-refractivity contribution in [3.8, 4) is 0 Å². The second kappa shape index (κ2) is 6.15. The predicted octanol–water partition coefficient (Wildman–Crippen LogP) is 1.06. The van der Waals surface area contributed by atoms with E-state index in [4.69, 9.17) is 0 Å². The van der Waals surface area contributed by atoms with Crippen LogP contribution in [0, 0.1) is 0 Å². The van der Waals surface area contributed by atoms with Gasteiger partial charge in [0.25, 0.3) is 5.91 Å². The van der Waals surface area contributed by atoms with E-state index in [1.807, 2.05) is 25.1 Å². The first-order chi connectivity index (χ1) is 9.84. The zero-order valence-electron chi connectivity index (χ0n) is 12.6. The van der Waals surface area contributed by atoms with Crippen LogP contribution in [0.2, 0.25) is 0 Å². The lowest BCUT2D eigenvalue weighted by Gasteiger charge is -2.26. The standard InChI is InChI=1S/C15H22N2O3S/c1-4-16-14(10(2)21(3,19)20)12-6-5-11-7-8-17-15(18)13(11)9-12/h5-6,9-10,14,16H,4,7-8H2,1-3H3,(H,17,18). The van der Waals surface area contributed by atoms with Crippen molar-refractivity contribution >= 4 is 15.7 Å². The average Bonchev–Trinajstić information content (AvgIpc) is 2.43. The van der Waals surface area contributed by atoms with Crippen LogP contribution in [0.15, 0.2) is 18.2 Å². The van der Waals surface area contributed by atoms with E-state index in [1.54, 1.807) is 6.92 Å². The molecule has 0 bridgehead atoms. The van der Waals surface area contributed by atoms with Crippen LogP contribution in [0.1, 0.15) is 41.4 Å². The Bertz CT molecular complexity index is 640. The Balaban J connectivity index is 2.42. The summed E-state index contributed by atoms with van der Waals surface area (Å²) in [5.74, 6) is -0.0830. The monoisotopic (exact) mass is 310 g/mol. The van der Waals surface area contributed by atoms with E-state index in [2.05, 4.69) is 10.6 Å². The topological polar surface area (TPSA) is 75.3 Å². The first-order valence-corrected chi connectivity index (χ1v) is 9.13. The SMILES string of the molecule is CCNC(c1ccc2c(c1)C(=O)NCC2)C(C)S(C)(=O)=O. The number of hydrogen-bond donors (Lipinski definition) is 2. The Morgan fingerprint density at radius 2 is 2.10 bits per heavy atom. The Morgan fingerprint density at radius 1 is 1.38 bits per heavy atom. The van der Waals surface area contributed by atoms with Gasteiger partial charge in [-0.2, -0.15) is 0 Å². The second-order valence-corrected chi connectivity index (χ2v) is 7.90. The van der Waals surface area contributed by atoms with Crippen LogP contribution in [0.25, 0.3) is 0 Å². The summed E-state index contributed by atoms with van der Waals surface area (Å²) in [5.41, 5.74) is 2.51. The van der Waals surface area contributed by atoms with Crippen molar-refractivity contribution in [2.24, 2.45) is 0 Å². The third-order valence-corrected chi connectivity index (χ3v) is 5.61. The molecule has 0 saturated carbocycles. The molecule has 0 aliphatic carbocycles. The largest absolute Gasteiger partial charge is 0.352 e. The molecular formula is C15H22N2O3S. The Hall–Kier alpha value is -1.40. The summed E-state index contributed by atoms with van der Waals surface area (Å²) in [6, 6.07) is 5.36. The lowest BCUT2D eigenvalue weighted by molar-refractivity contribution is 0.0946. The van der Waals surface area contributed by atoms with Crippen molar-refractivity contribution in [3.05, 3.63) is 34.9 Å². The minimum absolute atomic E-state index is 0.0830. The van der Waals surface area contributed by atoms with Gasteiger partial charge in [0.15, 0.2) is 9.84 Å². The Morgan fingerprint density at radius 3 is 2.71 bits per heavy atom. The number of fused-ring (bicyclic) bond motifs is 1. The van der Waals surface area contributed by atoms with E-state index in [9.17, 15) is 13.2 Å². The quantitative estimate of drug-likeness (QED) is 0.852. The Kier molecular flexibility index (Phi) is 4.68. The van der Waals surface area contributed by atoms with Gasteiger partial charge in [-0.05, 0) is 37.1 Å². The highest BCUT2D eigenvalue weighted by molar-refractivity contribution is 7.91. The normalized spacial score (nSPS) is 17.8. The molecule has 1 heterocycles. The molecule has 21 heavy (non-hydrogen) atoms. The number of rotatable bonds is 5. The van der Waals surface area contributed by atoms with E-state index in [1.165, 1.54) is 6.26 Å². The van der Waals surface area contributed by atoms with E-state index < -0.39 is 15.1 Å². The van der Waals surface area contributed by atoms with Crippen molar-refractivity contribution in [2.45, 2.75) is 31.6 Å². The maximum Gasteiger partial charge on any atom is 0.251 e. The van der Waals surface area contributed by atoms with E-state index >= 15 is 0 Å². The number of nitrogens with one attached hydrogen (secondary N) is 2. The van der Waals surface area contributed by atoms with E-state index in [0.29, 0.717) is 18.7 Å². The molecule has 0 aromatic heterocycles. The molecule has 2 rings (SSSR count). The number of benzene rings is 1. The molecule has 1 aromatic rings. The van der Waals surface area contributed by atoms with E-state index in [-0.39, 0.29) is 11.9 Å². The fourth-order valence-corrected chi connectivity index (χ4v) is 3.39. The highest BCUT2D eigenvalue weighted by Crippen LogP contribution is 2.25. The van der Waals surface area contributed by atoms with Gasteiger partial charge < -0.3 is 10.6 Å². The summed E-state index contributed by atoms with van der Waals surface area (Å²) in [4.78, 5) is 11.9. The number of carbonyl (C=O) groups excluding carboxylic acids is 1. The molecule has 0 radical (unpaired) electrons. The van der Waals surface area contributed by atoms with Gasteiger partial charge in [0.1, 0.15) is 0 Å². The van der Waals surface area contributed by atoms with Crippen LogP contribution in [0.3, 0.4) is 0 Å². The molecule has 5 nitrogen and oxygen atoms in total. The molecule has 6 heteroatoms. The molecule has 0 saturated heterocycles. The predicted molar refractivity (Wildman–Crippen MR) is 83.2 cm³/mol. The van der Waals surface area contributed by atoms with Gasteiger partial charge in [0, 0.05) is 24.4 Å². The first-order valence-electron chi connectivity index (χ1n) is 7.18. The van der Waals surface area contributed by atoms with Crippen LogP contribution < -0.4 is 10.6 Å². The third kappa shape index (κ3) is 3.44. The van der Waals surface area contributed by atoms with Gasteiger partial charge in [-0.3, -0.25) is 4.79 Å². The van der Waals surface area contributed by atoms with Gasteiger partial charge in [-0.15, -0.1) is 0 Å². The van der Waals surface area contributed by atoms with Gasteiger partial charge in [-0.25, -0.2) is 8.42 Å². The van der Waals surface area contributed by atoms with Gasteiger partial charge in [-0.1, -0.05) is 19.1 Å².